The summed E-state index contributed by atoms with van der Waals surface area (Å²) in [6.07, 6.45) is 0. The Labute approximate surface area is 196 Å². The van der Waals surface area contributed by atoms with E-state index in [1.54, 1.807) is 48.4 Å². The van der Waals surface area contributed by atoms with E-state index in [2.05, 4.69) is 15.1 Å². The van der Waals surface area contributed by atoms with Gasteiger partial charge in [-0.3, -0.25) is 4.79 Å². The zero-order valence-corrected chi connectivity index (χ0v) is 19.0. The number of ether oxygens (including phenoxy) is 2. The third-order valence-electron chi connectivity index (χ3n) is 5.24. The van der Waals surface area contributed by atoms with Crippen LogP contribution in [0.4, 0.5) is 5.82 Å². The van der Waals surface area contributed by atoms with Gasteiger partial charge < -0.3 is 19.3 Å². The largest absolute Gasteiger partial charge is 0.497 e. The summed E-state index contributed by atoms with van der Waals surface area (Å²) < 4.78 is 10.7. The molecule has 0 aliphatic carbocycles. The van der Waals surface area contributed by atoms with Gasteiger partial charge in [0.1, 0.15) is 11.5 Å². The van der Waals surface area contributed by atoms with Crippen LogP contribution in [0, 0.1) is 0 Å². The Morgan fingerprint density at radius 3 is 2.28 bits per heavy atom. The Hall–Kier alpha value is -3.03. The highest BCUT2D eigenvalue weighted by Gasteiger charge is 2.22. The molecule has 1 aliphatic rings. The second-order valence-corrected chi connectivity index (χ2v) is 8.08. The number of carbonyl (C=O) groups is 1. The molecule has 0 atom stereocenters. The Balaban J connectivity index is 1.29. The fourth-order valence-electron chi connectivity index (χ4n) is 3.43. The number of nitrogens with zero attached hydrogens (tertiary/aromatic N) is 4. The molecular formula is C23H22Cl2N4O3. The van der Waals surface area contributed by atoms with Crippen LogP contribution in [0.25, 0.3) is 11.3 Å². The molecule has 32 heavy (non-hydrogen) atoms. The Kier molecular flexibility index (Phi) is 6.97. The molecule has 2 heterocycles. The molecule has 9 heteroatoms. The number of piperazine rings is 1. The molecule has 0 bridgehead atoms. The first-order valence-electron chi connectivity index (χ1n) is 10.1. The summed E-state index contributed by atoms with van der Waals surface area (Å²) >= 11 is 12.2. The van der Waals surface area contributed by atoms with Crippen LogP contribution in [0.15, 0.2) is 54.6 Å². The van der Waals surface area contributed by atoms with Crippen molar-refractivity contribution in [3.05, 3.63) is 64.6 Å². The van der Waals surface area contributed by atoms with E-state index in [0.717, 1.165) is 17.1 Å². The monoisotopic (exact) mass is 472 g/mol. The van der Waals surface area contributed by atoms with Crippen LogP contribution in [-0.4, -0.2) is 60.9 Å². The Morgan fingerprint density at radius 2 is 1.66 bits per heavy atom. The highest BCUT2D eigenvalue weighted by Crippen LogP contribution is 2.29. The van der Waals surface area contributed by atoms with Gasteiger partial charge in [0.25, 0.3) is 5.91 Å². The van der Waals surface area contributed by atoms with Gasteiger partial charge >= 0.3 is 0 Å². The zero-order chi connectivity index (χ0) is 22.5. The van der Waals surface area contributed by atoms with E-state index >= 15 is 0 Å². The molecule has 1 aromatic heterocycles. The first-order valence-corrected chi connectivity index (χ1v) is 10.9. The molecule has 0 spiro atoms. The highest BCUT2D eigenvalue weighted by atomic mass is 35.5. The maximum Gasteiger partial charge on any atom is 0.260 e. The summed E-state index contributed by atoms with van der Waals surface area (Å²) in [5.41, 5.74) is 1.46. The molecule has 1 saturated heterocycles. The molecule has 1 amide bonds. The van der Waals surface area contributed by atoms with Crippen molar-refractivity contribution in [3.63, 3.8) is 0 Å². The quantitative estimate of drug-likeness (QED) is 0.535. The van der Waals surface area contributed by atoms with Gasteiger partial charge in [-0.25, -0.2) is 0 Å². The molecule has 0 radical (unpaired) electrons. The number of aromatic nitrogens is 2. The minimum Gasteiger partial charge on any atom is -0.497 e. The molecule has 166 valence electrons. The predicted molar refractivity (Wildman–Crippen MR) is 125 cm³/mol. The lowest BCUT2D eigenvalue weighted by molar-refractivity contribution is -0.133. The maximum atomic E-state index is 12.5. The standard InChI is InChI=1S/C23H22Cl2N4O3/c1-31-17-3-5-18(6-4-17)32-15-23(30)29-12-10-28(11-13-29)22-9-8-21(26-27-22)19-7-2-16(24)14-20(19)25/h2-9,14H,10-13,15H2,1H3. The van der Waals surface area contributed by atoms with Crippen molar-refractivity contribution < 1.29 is 14.3 Å². The average Bonchev–Trinajstić information content (AvgIpc) is 2.83. The molecule has 1 fully saturated rings. The summed E-state index contributed by atoms with van der Waals surface area (Å²) in [5, 5.41) is 9.77. The van der Waals surface area contributed by atoms with Crippen molar-refractivity contribution in [2.45, 2.75) is 0 Å². The summed E-state index contributed by atoms with van der Waals surface area (Å²) in [5.74, 6) is 2.10. The predicted octanol–water partition coefficient (Wildman–Crippen LogP) is 4.19. The molecule has 0 N–H and O–H groups in total. The van der Waals surface area contributed by atoms with Crippen molar-refractivity contribution in [1.82, 2.24) is 15.1 Å². The number of hydrogen-bond acceptors (Lipinski definition) is 6. The molecule has 3 aromatic rings. The van der Waals surface area contributed by atoms with Gasteiger partial charge in [-0.2, -0.15) is 0 Å². The van der Waals surface area contributed by atoms with Crippen molar-refractivity contribution in [3.8, 4) is 22.8 Å². The second kappa shape index (κ2) is 10.1. The Bertz CT molecular complexity index is 1070. The molecule has 1 aliphatic heterocycles. The number of methoxy groups -OCH3 is 1. The smallest absolute Gasteiger partial charge is 0.260 e. The lowest BCUT2D eigenvalue weighted by atomic mass is 10.1. The number of rotatable bonds is 6. The summed E-state index contributed by atoms with van der Waals surface area (Å²) in [7, 11) is 1.61. The molecule has 7 nitrogen and oxygen atoms in total. The molecule has 0 saturated carbocycles. The summed E-state index contributed by atoms with van der Waals surface area (Å²) in [4.78, 5) is 16.4. The van der Waals surface area contributed by atoms with E-state index in [4.69, 9.17) is 32.7 Å². The van der Waals surface area contributed by atoms with E-state index in [0.29, 0.717) is 47.7 Å². The van der Waals surface area contributed by atoms with Crippen LogP contribution in [0.2, 0.25) is 10.0 Å². The summed E-state index contributed by atoms with van der Waals surface area (Å²) in [6, 6.07) is 16.2. The average molecular weight is 473 g/mol. The maximum absolute atomic E-state index is 12.5. The van der Waals surface area contributed by atoms with E-state index < -0.39 is 0 Å². The Morgan fingerprint density at radius 1 is 0.938 bits per heavy atom. The van der Waals surface area contributed by atoms with Crippen molar-refractivity contribution in [2.75, 3.05) is 44.8 Å². The fourth-order valence-corrected chi connectivity index (χ4v) is 3.93. The number of anilines is 1. The number of halogens is 2. The van der Waals surface area contributed by atoms with Crippen LogP contribution >= 0.6 is 23.2 Å². The van der Waals surface area contributed by atoms with E-state index in [9.17, 15) is 4.79 Å². The van der Waals surface area contributed by atoms with Crippen molar-refractivity contribution in [2.24, 2.45) is 0 Å². The normalized spacial score (nSPS) is 13.7. The first kappa shape index (κ1) is 22.2. The number of benzene rings is 2. The third-order valence-corrected chi connectivity index (χ3v) is 5.78. The SMILES string of the molecule is COc1ccc(OCC(=O)N2CCN(c3ccc(-c4ccc(Cl)cc4Cl)nn3)CC2)cc1. The number of hydrogen-bond donors (Lipinski definition) is 0. The minimum absolute atomic E-state index is 0.00266. The van der Waals surface area contributed by atoms with Gasteiger partial charge in [0, 0.05) is 36.8 Å². The van der Waals surface area contributed by atoms with E-state index in [1.807, 2.05) is 18.2 Å². The van der Waals surface area contributed by atoms with E-state index in [1.165, 1.54) is 0 Å². The van der Waals surface area contributed by atoms with Gasteiger partial charge in [0.05, 0.1) is 17.8 Å². The van der Waals surface area contributed by atoms with Gasteiger partial charge in [-0.1, -0.05) is 23.2 Å². The highest BCUT2D eigenvalue weighted by molar-refractivity contribution is 6.36. The molecule has 4 rings (SSSR count). The van der Waals surface area contributed by atoms with Crippen molar-refractivity contribution >= 4 is 34.9 Å². The minimum atomic E-state index is -0.0423. The van der Waals surface area contributed by atoms with Gasteiger partial charge in [-0.15, -0.1) is 10.2 Å². The second-order valence-electron chi connectivity index (χ2n) is 7.23. The van der Waals surface area contributed by atoms with Gasteiger partial charge in [-0.05, 0) is 54.6 Å². The third kappa shape index (κ3) is 5.23. The van der Waals surface area contributed by atoms with E-state index in [-0.39, 0.29) is 12.5 Å². The first-order chi connectivity index (χ1) is 15.5. The van der Waals surface area contributed by atoms with Crippen LogP contribution in [0.3, 0.4) is 0 Å². The molecule has 2 aromatic carbocycles. The number of carbonyl (C=O) groups excluding carboxylic acids is 1. The number of amides is 1. The fraction of sp³-hybridized carbons (Fsp3) is 0.261. The lowest BCUT2D eigenvalue weighted by Gasteiger charge is -2.35. The van der Waals surface area contributed by atoms with Gasteiger partial charge in [0.2, 0.25) is 0 Å². The molecular weight excluding hydrogens is 451 g/mol. The summed E-state index contributed by atoms with van der Waals surface area (Å²) in [6.45, 7) is 2.53. The van der Waals surface area contributed by atoms with Crippen LogP contribution in [0.1, 0.15) is 0 Å². The van der Waals surface area contributed by atoms with Crippen LogP contribution < -0.4 is 14.4 Å². The zero-order valence-electron chi connectivity index (χ0n) is 17.5. The van der Waals surface area contributed by atoms with Crippen LogP contribution in [0.5, 0.6) is 11.5 Å². The molecule has 0 unspecified atom stereocenters. The lowest BCUT2D eigenvalue weighted by Crippen LogP contribution is -2.50. The van der Waals surface area contributed by atoms with Crippen LogP contribution in [-0.2, 0) is 4.79 Å². The topological polar surface area (TPSA) is 67.8 Å². The van der Waals surface area contributed by atoms with Crippen molar-refractivity contribution in [1.29, 1.82) is 0 Å². The van der Waals surface area contributed by atoms with Gasteiger partial charge in [0.15, 0.2) is 12.4 Å².